The third-order valence-corrected chi connectivity index (χ3v) is 2.38. The zero-order valence-electron chi connectivity index (χ0n) is 8.65. The summed E-state index contributed by atoms with van der Waals surface area (Å²) in [6, 6.07) is 8.68. The van der Waals surface area contributed by atoms with Gasteiger partial charge < -0.3 is 10.3 Å². The summed E-state index contributed by atoms with van der Waals surface area (Å²) in [7, 11) is 0. The number of nitrogens with zero attached hydrogens (tertiary/aromatic N) is 2. The van der Waals surface area contributed by atoms with E-state index in [1.54, 1.807) is 42.7 Å². The standard InChI is InChI=1S/C12H12N2O2/c15-12(10-4-3-6-13-9-10)8-11-5-1-2-7-14(11)16/h1-7,9,12,15H,8H2. The smallest absolute Gasteiger partial charge is 0.195 e. The lowest BCUT2D eigenvalue weighted by molar-refractivity contribution is -0.614. The van der Waals surface area contributed by atoms with E-state index in [1.807, 2.05) is 0 Å². The molecule has 0 spiro atoms. The van der Waals surface area contributed by atoms with E-state index in [-0.39, 0.29) is 6.42 Å². The number of rotatable bonds is 3. The van der Waals surface area contributed by atoms with E-state index in [9.17, 15) is 10.3 Å². The fourth-order valence-corrected chi connectivity index (χ4v) is 1.51. The quantitative estimate of drug-likeness (QED) is 0.614. The second-order valence-electron chi connectivity index (χ2n) is 3.52. The number of hydrogen-bond acceptors (Lipinski definition) is 3. The molecule has 0 radical (unpaired) electrons. The van der Waals surface area contributed by atoms with Crippen LogP contribution in [0.25, 0.3) is 0 Å². The van der Waals surface area contributed by atoms with Crippen LogP contribution < -0.4 is 4.73 Å². The molecule has 0 saturated carbocycles. The van der Waals surface area contributed by atoms with Crippen LogP contribution in [0.15, 0.2) is 48.9 Å². The van der Waals surface area contributed by atoms with Crippen LogP contribution in [0.5, 0.6) is 0 Å². The lowest BCUT2D eigenvalue weighted by atomic mass is 10.1. The minimum Gasteiger partial charge on any atom is -0.619 e. The van der Waals surface area contributed by atoms with Gasteiger partial charge in [0.15, 0.2) is 11.9 Å². The largest absolute Gasteiger partial charge is 0.619 e. The molecule has 0 amide bonds. The Morgan fingerprint density at radius 1 is 1.31 bits per heavy atom. The molecule has 0 saturated heterocycles. The molecule has 16 heavy (non-hydrogen) atoms. The highest BCUT2D eigenvalue weighted by molar-refractivity contribution is 5.14. The van der Waals surface area contributed by atoms with Gasteiger partial charge in [-0.1, -0.05) is 12.1 Å². The van der Waals surface area contributed by atoms with Gasteiger partial charge in [-0.05, 0) is 11.6 Å². The monoisotopic (exact) mass is 216 g/mol. The Morgan fingerprint density at radius 2 is 2.19 bits per heavy atom. The fourth-order valence-electron chi connectivity index (χ4n) is 1.51. The van der Waals surface area contributed by atoms with Gasteiger partial charge in [-0.3, -0.25) is 4.98 Å². The second kappa shape index (κ2) is 4.72. The van der Waals surface area contributed by atoms with E-state index in [4.69, 9.17) is 0 Å². The lowest BCUT2D eigenvalue weighted by Crippen LogP contribution is -2.31. The van der Waals surface area contributed by atoms with Crippen LogP contribution in [-0.2, 0) is 6.42 Å². The molecule has 0 aliphatic heterocycles. The molecule has 2 aromatic rings. The highest BCUT2D eigenvalue weighted by atomic mass is 16.5. The van der Waals surface area contributed by atoms with Gasteiger partial charge in [0.1, 0.15) is 0 Å². The number of aliphatic hydroxyl groups is 1. The van der Waals surface area contributed by atoms with Gasteiger partial charge in [0.25, 0.3) is 0 Å². The van der Waals surface area contributed by atoms with Crippen molar-refractivity contribution in [3.8, 4) is 0 Å². The van der Waals surface area contributed by atoms with Gasteiger partial charge in [-0.25, -0.2) is 0 Å². The molecule has 1 N–H and O–H groups in total. The summed E-state index contributed by atoms with van der Waals surface area (Å²) in [5, 5.41) is 21.3. The van der Waals surface area contributed by atoms with Crippen LogP contribution in [0, 0.1) is 5.21 Å². The molecule has 2 heterocycles. The Kier molecular flexibility index (Phi) is 3.12. The minimum atomic E-state index is -0.698. The zero-order valence-corrected chi connectivity index (χ0v) is 8.65. The van der Waals surface area contributed by atoms with Gasteiger partial charge >= 0.3 is 0 Å². The van der Waals surface area contributed by atoms with E-state index in [0.717, 1.165) is 4.73 Å². The summed E-state index contributed by atoms with van der Waals surface area (Å²) >= 11 is 0. The van der Waals surface area contributed by atoms with Crippen LogP contribution in [0.1, 0.15) is 17.4 Å². The van der Waals surface area contributed by atoms with Gasteiger partial charge in [0.2, 0.25) is 0 Å². The molecule has 2 rings (SSSR count). The molecule has 0 bridgehead atoms. The van der Waals surface area contributed by atoms with E-state index >= 15 is 0 Å². The Balaban J connectivity index is 2.14. The molecular weight excluding hydrogens is 204 g/mol. The van der Waals surface area contributed by atoms with E-state index in [0.29, 0.717) is 11.3 Å². The number of pyridine rings is 2. The maximum atomic E-state index is 11.4. The molecule has 2 aromatic heterocycles. The Bertz CT molecular complexity index is 460. The van der Waals surface area contributed by atoms with Gasteiger partial charge in [0, 0.05) is 24.5 Å². The summed E-state index contributed by atoms with van der Waals surface area (Å²) in [6.07, 6.45) is 4.26. The number of hydrogen-bond donors (Lipinski definition) is 1. The summed E-state index contributed by atoms with van der Waals surface area (Å²) in [6.45, 7) is 0. The average molecular weight is 216 g/mol. The van der Waals surface area contributed by atoms with Crippen LogP contribution in [0.3, 0.4) is 0 Å². The second-order valence-corrected chi connectivity index (χ2v) is 3.52. The van der Waals surface area contributed by atoms with Crippen molar-refractivity contribution < 1.29 is 9.84 Å². The normalized spacial score (nSPS) is 12.3. The molecule has 4 nitrogen and oxygen atoms in total. The molecular formula is C12H12N2O2. The van der Waals surface area contributed by atoms with Gasteiger partial charge in [0.05, 0.1) is 12.5 Å². The van der Waals surface area contributed by atoms with Gasteiger partial charge in [-0.2, -0.15) is 4.73 Å². The molecule has 1 atom stereocenters. The SMILES string of the molecule is [O-][n+]1ccccc1CC(O)c1cccnc1. The van der Waals surface area contributed by atoms with Crippen molar-refractivity contribution in [1.29, 1.82) is 0 Å². The van der Waals surface area contributed by atoms with E-state index in [2.05, 4.69) is 4.98 Å². The molecule has 1 unspecified atom stereocenters. The Labute approximate surface area is 93.4 Å². The average Bonchev–Trinajstić information content (AvgIpc) is 2.33. The Morgan fingerprint density at radius 3 is 2.88 bits per heavy atom. The summed E-state index contributed by atoms with van der Waals surface area (Å²) < 4.78 is 0.763. The summed E-state index contributed by atoms with van der Waals surface area (Å²) in [4.78, 5) is 3.92. The number of aromatic nitrogens is 2. The van der Waals surface area contributed by atoms with Crippen molar-refractivity contribution in [2.24, 2.45) is 0 Å². The Hall–Kier alpha value is -1.94. The minimum absolute atomic E-state index is 0.288. The first-order chi connectivity index (χ1) is 7.77. The van der Waals surface area contributed by atoms with Gasteiger partial charge in [-0.15, -0.1) is 0 Å². The third-order valence-electron chi connectivity index (χ3n) is 2.38. The topological polar surface area (TPSA) is 60.1 Å². The first-order valence-electron chi connectivity index (χ1n) is 5.02. The first-order valence-corrected chi connectivity index (χ1v) is 5.02. The summed E-state index contributed by atoms with van der Waals surface area (Å²) in [5.74, 6) is 0. The van der Waals surface area contributed by atoms with E-state index < -0.39 is 6.10 Å². The third kappa shape index (κ3) is 2.35. The van der Waals surface area contributed by atoms with Crippen molar-refractivity contribution in [2.75, 3.05) is 0 Å². The van der Waals surface area contributed by atoms with Crippen LogP contribution >= 0.6 is 0 Å². The van der Waals surface area contributed by atoms with Crippen molar-refractivity contribution in [3.63, 3.8) is 0 Å². The maximum absolute atomic E-state index is 11.4. The molecule has 0 aliphatic carbocycles. The molecule has 0 fully saturated rings. The molecule has 0 aliphatic rings. The highest BCUT2D eigenvalue weighted by Gasteiger charge is 2.13. The number of aliphatic hydroxyl groups excluding tert-OH is 1. The predicted octanol–water partition coefficient (Wildman–Crippen LogP) is 0.991. The van der Waals surface area contributed by atoms with Crippen LogP contribution in [-0.4, -0.2) is 10.1 Å². The maximum Gasteiger partial charge on any atom is 0.195 e. The molecule has 82 valence electrons. The van der Waals surface area contributed by atoms with E-state index in [1.165, 1.54) is 6.20 Å². The highest BCUT2D eigenvalue weighted by Crippen LogP contribution is 2.14. The summed E-state index contributed by atoms with van der Waals surface area (Å²) in [5.41, 5.74) is 1.25. The molecule has 4 heteroatoms. The predicted molar refractivity (Wildman–Crippen MR) is 58.3 cm³/mol. The van der Waals surface area contributed by atoms with Crippen molar-refractivity contribution in [1.82, 2.24) is 4.98 Å². The first kappa shape index (κ1) is 10.6. The fraction of sp³-hybridized carbons (Fsp3) is 0.167. The van der Waals surface area contributed by atoms with Crippen LogP contribution in [0.2, 0.25) is 0 Å². The van der Waals surface area contributed by atoms with Crippen molar-refractivity contribution in [3.05, 3.63) is 65.4 Å². The lowest BCUT2D eigenvalue weighted by Gasteiger charge is -2.10. The van der Waals surface area contributed by atoms with Crippen molar-refractivity contribution >= 4 is 0 Å². The van der Waals surface area contributed by atoms with Crippen molar-refractivity contribution in [2.45, 2.75) is 12.5 Å². The zero-order chi connectivity index (χ0) is 11.4. The molecule has 0 aromatic carbocycles. The van der Waals surface area contributed by atoms with Crippen LogP contribution in [0.4, 0.5) is 0 Å².